The Labute approximate surface area is 131 Å². The second-order valence-corrected chi connectivity index (χ2v) is 7.72. The van der Waals surface area contributed by atoms with Crippen LogP contribution in [-0.2, 0) is 0 Å². The third kappa shape index (κ3) is 2.57. The van der Waals surface area contributed by atoms with Crippen molar-refractivity contribution in [3.8, 4) is 0 Å². The van der Waals surface area contributed by atoms with Crippen LogP contribution in [0.2, 0.25) is 0 Å². The predicted molar refractivity (Wildman–Crippen MR) is 87.8 cm³/mol. The first-order chi connectivity index (χ1) is 9.90. The fourth-order valence-corrected chi connectivity index (χ4v) is 3.80. The lowest BCUT2D eigenvalue weighted by molar-refractivity contribution is 0.144. The van der Waals surface area contributed by atoms with Crippen LogP contribution in [0.3, 0.4) is 0 Å². The monoisotopic (exact) mass is 305 g/mol. The van der Waals surface area contributed by atoms with Crippen molar-refractivity contribution in [1.29, 1.82) is 0 Å². The molecule has 1 fully saturated rings. The highest BCUT2D eigenvalue weighted by Gasteiger charge is 2.36. The van der Waals surface area contributed by atoms with E-state index in [0.717, 1.165) is 22.6 Å². The van der Waals surface area contributed by atoms with E-state index in [9.17, 15) is 0 Å². The number of nitrogens with zero attached hydrogens (tertiary/aromatic N) is 3. The van der Waals surface area contributed by atoms with Gasteiger partial charge < -0.3 is 4.57 Å². The molecular weight excluding hydrogens is 282 g/mol. The lowest BCUT2D eigenvalue weighted by Crippen LogP contribution is -2.31. The van der Waals surface area contributed by atoms with E-state index < -0.39 is 0 Å². The van der Waals surface area contributed by atoms with Crippen LogP contribution in [0.4, 0.5) is 0 Å². The van der Waals surface area contributed by atoms with E-state index in [2.05, 4.69) is 36.4 Å². The first-order valence-corrected chi connectivity index (χ1v) is 8.32. The Morgan fingerprint density at radius 1 is 1.38 bits per heavy atom. The van der Waals surface area contributed by atoms with Gasteiger partial charge >= 0.3 is 0 Å². The average Bonchev–Trinajstić information content (AvgIpc) is 2.76. The lowest BCUT2D eigenvalue weighted by atomic mass is 9.73. The number of imidazole rings is 1. The first kappa shape index (κ1) is 14.8. The van der Waals surface area contributed by atoms with Crippen molar-refractivity contribution in [2.45, 2.75) is 64.8 Å². The Morgan fingerprint density at radius 3 is 2.81 bits per heavy atom. The predicted octanol–water partition coefficient (Wildman–Crippen LogP) is 5.18. The van der Waals surface area contributed by atoms with Crippen LogP contribution in [0, 0.1) is 12.3 Å². The lowest BCUT2D eigenvalue weighted by Gasteiger charge is -2.40. The number of pyridine rings is 1. The smallest absolute Gasteiger partial charge is 0.160 e. The maximum atomic E-state index is 6.42. The third-order valence-electron chi connectivity index (χ3n) is 4.81. The van der Waals surface area contributed by atoms with Crippen molar-refractivity contribution in [2.24, 2.45) is 5.41 Å². The Kier molecular flexibility index (Phi) is 3.73. The van der Waals surface area contributed by atoms with Gasteiger partial charge in [-0.15, -0.1) is 11.6 Å². The molecule has 0 aliphatic heterocycles. The molecule has 114 valence electrons. The summed E-state index contributed by atoms with van der Waals surface area (Å²) in [5, 5.41) is -0.0998. The zero-order valence-corrected chi connectivity index (χ0v) is 14.1. The topological polar surface area (TPSA) is 30.7 Å². The van der Waals surface area contributed by atoms with Crippen molar-refractivity contribution in [1.82, 2.24) is 14.5 Å². The summed E-state index contributed by atoms with van der Waals surface area (Å²) in [6.45, 7) is 8.78. The van der Waals surface area contributed by atoms with Crippen molar-refractivity contribution < 1.29 is 0 Å². The van der Waals surface area contributed by atoms with Crippen LogP contribution in [0.5, 0.6) is 0 Å². The number of alkyl halides is 1. The molecular formula is C17H24ClN3. The summed E-state index contributed by atoms with van der Waals surface area (Å²) in [6, 6.07) is 2.54. The summed E-state index contributed by atoms with van der Waals surface area (Å²) in [7, 11) is 0. The van der Waals surface area contributed by atoms with Gasteiger partial charge in [-0.3, -0.25) is 0 Å². The van der Waals surface area contributed by atoms with Crippen molar-refractivity contribution in [3.63, 3.8) is 0 Å². The van der Waals surface area contributed by atoms with Gasteiger partial charge in [0, 0.05) is 12.2 Å². The molecule has 3 rings (SSSR count). The van der Waals surface area contributed by atoms with E-state index in [4.69, 9.17) is 16.6 Å². The fourth-order valence-electron chi connectivity index (χ4n) is 3.64. The molecule has 1 aliphatic rings. The second-order valence-electron chi connectivity index (χ2n) is 7.06. The van der Waals surface area contributed by atoms with E-state index in [-0.39, 0.29) is 10.8 Å². The summed E-state index contributed by atoms with van der Waals surface area (Å²) in [5.74, 6) is 0.963. The molecule has 1 saturated carbocycles. The number of fused-ring (bicyclic) bond motifs is 1. The highest BCUT2D eigenvalue weighted by atomic mass is 35.5. The minimum absolute atomic E-state index is 0.0998. The maximum absolute atomic E-state index is 6.42. The maximum Gasteiger partial charge on any atom is 0.160 e. The number of aryl methyl sites for hydroxylation is 1. The Balaban J connectivity index is 2.21. The molecule has 2 aromatic rings. The molecule has 0 radical (unpaired) electrons. The highest BCUT2D eigenvalue weighted by Crippen LogP contribution is 2.46. The van der Waals surface area contributed by atoms with Crippen molar-refractivity contribution in [2.75, 3.05) is 0 Å². The van der Waals surface area contributed by atoms with E-state index in [1.165, 1.54) is 25.7 Å². The van der Waals surface area contributed by atoms with Gasteiger partial charge in [-0.25, -0.2) is 9.97 Å². The Morgan fingerprint density at radius 2 is 2.14 bits per heavy atom. The van der Waals surface area contributed by atoms with Gasteiger partial charge in [0.15, 0.2) is 5.65 Å². The molecule has 1 aliphatic carbocycles. The number of rotatable bonds is 2. The van der Waals surface area contributed by atoms with Crippen molar-refractivity contribution >= 4 is 22.8 Å². The molecule has 21 heavy (non-hydrogen) atoms. The van der Waals surface area contributed by atoms with Gasteiger partial charge in [0.25, 0.3) is 0 Å². The molecule has 0 amide bonds. The summed E-state index contributed by atoms with van der Waals surface area (Å²) in [4.78, 5) is 9.45. The van der Waals surface area contributed by atoms with Gasteiger partial charge in [0.1, 0.15) is 11.3 Å². The summed E-state index contributed by atoms with van der Waals surface area (Å²) in [6.07, 6.45) is 6.95. The highest BCUT2D eigenvalue weighted by molar-refractivity contribution is 6.20. The van der Waals surface area contributed by atoms with Crippen LogP contribution >= 0.6 is 11.6 Å². The quantitative estimate of drug-likeness (QED) is 0.716. The minimum atomic E-state index is -0.0998. The second kappa shape index (κ2) is 5.28. The normalized spacial score (nSPS) is 23.4. The van der Waals surface area contributed by atoms with Crippen LogP contribution in [-0.4, -0.2) is 14.5 Å². The summed E-state index contributed by atoms with van der Waals surface area (Å²) < 4.78 is 2.33. The third-order valence-corrected chi connectivity index (χ3v) is 5.01. The molecule has 2 unspecified atom stereocenters. The van der Waals surface area contributed by atoms with E-state index in [1.807, 2.05) is 13.1 Å². The van der Waals surface area contributed by atoms with E-state index in [1.54, 1.807) is 0 Å². The van der Waals surface area contributed by atoms with E-state index in [0.29, 0.717) is 6.04 Å². The van der Waals surface area contributed by atoms with Crippen molar-refractivity contribution in [3.05, 3.63) is 23.7 Å². The molecule has 0 aromatic carbocycles. The zero-order valence-electron chi connectivity index (χ0n) is 13.4. The van der Waals surface area contributed by atoms with Gasteiger partial charge in [0.2, 0.25) is 0 Å². The van der Waals surface area contributed by atoms with Gasteiger partial charge in [-0.05, 0) is 43.7 Å². The standard InChI is InChI=1S/C17H24ClN3/c1-11-9-13-16(19-10-11)21(15(20-13)12(2)18)14-7-5-6-8-17(14,3)4/h9-10,12,14H,5-8H2,1-4H3. The van der Waals surface area contributed by atoms with Crippen LogP contribution in [0.1, 0.15) is 69.3 Å². The number of aromatic nitrogens is 3. The van der Waals surface area contributed by atoms with E-state index >= 15 is 0 Å². The molecule has 0 spiro atoms. The molecule has 0 saturated heterocycles. The van der Waals surface area contributed by atoms with Gasteiger partial charge in [-0.1, -0.05) is 26.7 Å². The molecule has 0 N–H and O–H groups in total. The van der Waals surface area contributed by atoms with Gasteiger partial charge in [0.05, 0.1) is 5.38 Å². The Bertz CT molecular complexity index is 657. The number of hydrogen-bond acceptors (Lipinski definition) is 2. The molecule has 2 aromatic heterocycles. The van der Waals surface area contributed by atoms with Crippen LogP contribution in [0.25, 0.3) is 11.2 Å². The first-order valence-electron chi connectivity index (χ1n) is 7.89. The Hall–Kier alpha value is -1.09. The van der Waals surface area contributed by atoms with Crippen LogP contribution < -0.4 is 0 Å². The number of hydrogen-bond donors (Lipinski definition) is 0. The molecule has 3 nitrogen and oxygen atoms in total. The molecule has 4 heteroatoms. The van der Waals surface area contributed by atoms with Gasteiger partial charge in [-0.2, -0.15) is 0 Å². The molecule has 2 atom stereocenters. The van der Waals surface area contributed by atoms with Crippen LogP contribution in [0.15, 0.2) is 12.3 Å². The average molecular weight is 306 g/mol. The zero-order chi connectivity index (χ0) is 15.2. The summed E-state index contributed by atoms with van der Waals surface area (Å²) >= 11 is 6.42. The molecule has 2 heterocycles. The minimum Gasteiger partial charge on any atom is -0.308 e. The SMILES string of the molecule is Cc1cnc2c(c1)nc(C(C)Cl)n2C1CCCCC1(C)C. The number of halogens is 1. The largest absolute Gasteiger partial charge is 0.308 e. The fraction of sp³-hybridized carbons (Fsp3) is 0.647. The molecule has 0 bridgehead atoms. The summed E-state index contributed by atoms with van der Waals surface area (Å²) in [5.41, 5.74) is 3.37.